The SMILES string of the molecule is O=C(OCc1ccccc1)[C@H]1CCCC[C@H]1CO. The fourth-order valence-corrected chi connectivity index (χ4v) is 2.57. The molecule has 0 radical (unpaired) electrons. The lowest BCUT2D eigenvalue weighted by Crippen LogP contribution is -2.30. The number of esters is 1. The van der Waals surface area contributed by atoms with E-state index in [1.165, 1.54) is 0 Å². The monoisotopic (exact) mass is 248 g/mol. The van der Waals surface area contributed by atoms with Crippen LogP contribution < -0.4 is 0 Å². The number of ether oxygens (including phenoxy) is 1. The fraction of sp³-hybridized carbons (Fsp3) is 0.533. The quantitative estimate of drug-likeness (QED) is 0.833. The first-order valence-corrected chi connectivity index (χ1v) is 6.62. The molecule has 2 atom stereocenters. The van der Waals surface area contributed by atoms with Gasteiger partial charge in [0.25, 0.3) is 0 Å². The van der Waals surface area contributed by atoms with Gasteiger partial charge in [0.2, 0.25) is 0 Å². The second-order valence-corrected chi connectivity index (χ2v) is 4.93. The van der Waals surface area contributed by atoms with Crippen LogP contribution in [0, 0.1) is 11.8 Å². The lowest BCUT2D eigenvalue weighted by molar-refractivity contribution is -0.154. The Morgan fingerprint density at radius 1 is 1.22 bits per heavy atom. The highest BCUT2D eigenvalue weighted by atomic mass is 16.5. The molecule has 0 heterocycles. The summed E-state index contributed by atoms with van der Waals surface area (Å²) >= 11 is 0. The molecule has 1 fully saturated rings. The van der Waals surface area contributed by atoms with Crippen molar-refractivity contribution in [3.8, 4) is 0 Å². The van der Waals surface area contributed by atoms with Gasteiger partial charge in [-0.25, -0.2) is 0 Å². The molecule has 1 aliphatic rings. The van der Waals surface area contributed by atoms with Gasteiger partial charge in [-0.05, 0) is 24.3 Å². The van der Waals surface area contributed by atoms with Gasteiger partial charge in [0, 0.05) is 6.61 Å². The van der Waals surface area contributed by atoms with E-state index in [1.54, 1.807) is 0 Å². The molecule has 0 aromatic heterocycles. The van der Waals surface area contributed by atoms with Crippen LogP contribution in [0.4, 0.5) is 0 Å². The molecular weight excluding hydrogens is 228 g/mol. The van der Waals surface area contributed by atoms with Gasteiger partial charge in [0.15, 0.2) is 0 Å². The van der Waals surface area contributed by atoms with Gasteiger partial charge in [0.05, 0.1) is 5.92 Å². The molecule has 2 rings (SSSR count). The van der Waals surface area contributed by atoms with Crippen molar-refractivity contribution in [1.82, 2.24) is 0 Å². The summed E-state index contributed by atoms with van der Waals surface area (Å²) in [5, 5.41) is 9.29. The summed E-state index contributed by atoms with van der Waals surface area (Å²) in [6.45, 7) is 0.416. The van der Waals surface area contributed by atoms with Crippen LogP contribution in [-0.4, -0.2) is 17.7 Å². The molecule has 18 heavy (non-hydrogen) atoms. The second-order valence-electron chi connectivity index (χ2n) is 4.93. The zero-order chi connectivity index (χ0) is 12.8. The first kappa shape index (κ1) is 13.1. The number of hydrogen-bond acceptors (Lipinski definition) is 3. The van der Waals surface area contributed by atoms with E-state index < -0.39 is 0 Å². The van der Waals surface area contributed by atoms with Gasteiger partial charge < -0.3 is 9.84 Å². The summed E-state index contributed by atoms with van der Waals surface area (Å²) in [4.78, 5) is 12.0. The highest BCUT2D eigenvalue weighted by Crippen LogP contribution is 2.30. The Morgan fingerprint density at radius 3 is 2.67 bits per heavy atom. The Balaban J connectivity index is 1.87. The minimum atomic E-state index is -0.155. The third-order valence-electron chi connectivity index (χ3n) is 3.67. The number of hydrogen-bond donors (Lipinski definition) is 1. The predicted octanol–water partition coefficient (Wildman–Crippen LogP) is 2.53. The van der Waals surface area contributed by atoms with Crippen LogP contribution in [-0.2, 0) is 16.1 Å². The number of aliphatic hydroxyl groups excluding tert-OH is 1. The Bertz CT molecular complexity index is 375. The highest BCUT2D eigenvalue weighted by Gasteiger charge is 2.31. The molecule has 0 saturated heterocycles. The van der Waals surface area contributed by atoms with Crippen LogP contribution in [0.15, 0.2) is 30.3 Å². The lowest BCUT2D eigenvalue weighted by Gasteiger charge is -2.28. The molecule has 1 N–H and O–H groups in total. The number of aliphatic hydroxyl groups is 1. The third-order valence-corrected chi connectivity index (χ3v) is 3.67. The summed E-state index contributed by atoms with van der Waals surface area (Å²) in [7, 11) is 0. The van der Waals surface area contributed by atoms with Gasteiger partial charge >= 0.3 is 5.97 Å². The van der Waals surface area contributed by atoms with Crippen LogP contribution in [0.25, 0.3) is 0 Å². The summed E-state index contributed by atoms with van der Waals surface area (Å²) in [5.74, 6) is -0.188. The first-order chi connectivity index (χ1) is 8.81. The average molecular weight is 248 g/mol. The Hall–Kier alpha value is -1.35. The Labute approximate surface area is 108 Å². The van der Waals surface area contributed by atoms with E-state index >= 15 is 0 Å². The largest absolute Gasteiger partial charge is 0.461 e. The van der Waals surface area contributed by atoms with E-state index in [0.29, 0.717) is 6.61 Å². The van der Waals surface area contributed by atoms with E-state index in [4.69, 9.17) is 4.74 Å². The Morgan fingerprint density at radius 2 is 1.94 bits per heavy atom. The molecule has 1 aromatic carbocycles. The van der Waals surface area contributed by atoms with Gasteiger partial charge in [-0.3, -0.25) is 4.79 Å². The molecule has 3 heteroatoms. The number of rotatable bonds is 4. The van der Waals surface area contributed by atoms with E-state index in [1.807, 2.05) is 30.3 Å². The van der Waals surface area contributed by atoms with Crippen LogP contribution >= 0.6 is 0 Å². The standard InChI is InChI=1S/C15H20O3/c16-10-13-8-4-5-9-14(13)15(17)18-11-12-6-2-1-3-7-12/h1-3,6-7,13-14,16H,4-5,8-11H2/t13-,14-/m0/s1. The van der Waals surface area contributed by atoms with E-state index in [9.17, 15) is 9.90 Å². The molecule has 0 spiro atoms. The molecule has 3 nitrogen and oxygen atoms in total. The summed E-state index contributed by atoms with van der Waals surface area (Å²) in [6, 6.07) is 9.68. The van der Waals surface area contributed by atoms with Crippen LogP contribution in [0.3, 0.4) is 0 Å². The van der Waals surface area contributed by atoms with E-state index in [2.05, 4.69) is 0 Å². The summed E-state index contributed by atoms with van der Waals surface area (Å²) < 4.78 is 5.35. The minimum Gasteiger partial charge on any atom is -0.461 e. The van der Waals surface area contributed by atoms with Crippen molar-refractivity contribution in [2.45, 2.75) is 32.3 Å². The van der Waals surface area contributed by atoms with Crippen LogP contribution in [0.5, 0.6) is 0 Å². The van der Waals surface area contributed by atoms with Gasteiger partial charge in [-0.15, -0.1) is 0 Å². The van der Waals surface area contributed by atoms with Gasteiger partial charge in [-0.2, -0.15) is 0 Å². The molecule has 98 valence electrons. The normalized spacial score (nSPS) is 23.6. The van der Waals surface area contributed by atoms with Crippen molar-refractivity contribution in [3.63, 3.8) is 0 Å². The molecule has 1 aliphatic carbocycles. The van der Waals surface area contributed by atoms with Crippen molar-refractivity contribution < 1.29 is 14.6 Å². The minimum absolute atomic E-state index is 0.0852. The van der Waals surface area contributed by atoms with Crippen molar-refractivity contribution in [2.24, 2.45) is 11.8 Å². The van der Waals surface area contributed by atoms with Crippen molar-refractivity contribution in [2.75, 3.05) is 6.61 Å². The molecule has 0 unspecified atom stereocenters. The average Bonchev–Trinajstić information content (AvgIpc) is 2.45. The number of carbonyl (C=O) groups is 1. The third kappa shape index (κ3) is 3.33. The van der Waals surface area contributed by atoms with E-state index in [-0.39, 0.29) is 24.4 Å². The van der Waals surface area contributed by atoms with Crippen LogP contribution in [0.1, 0.15) is 31.2 Å². The molecule has 1 aromatic rings. The zero-order valence-electron chi connectivity index (χ0n) is 10.5. The van der Waals surface area contributed by atoms with Crippen molar-refractivity contribution >= 4 is 5.97 Å². The molecule has 0 bridgehead atoms. The molecular formula is C15H20O3. The maximum atomic E-state index is 12.0. The summed E-state index contributed by atoms with van der Waals surface area (Å²) in [6.07, 6.45) is 3.94. The molecule has 0 amide bonds. The van der Waals surface area contributed by atoms with Crippen LogP contribution in [0.2, 0.25) is 0 Å². The predicted molar refractivity (Wildman–Crippen MR) is 68.8 cm³/mol. The number of benzene rings is 1. The van der Waals surface area contributed by atoms with Crippen molar-refractivity contribution in [3.05, 3.63) is 35.9 Å². The second kappa shape index (κ2) is 6.55. The maximum Gasteiger partial charge on any atom is 0.309 e. The molecule has 0 aliphatic heterocycles. The fourth-order valence-electron chi connectivity index (χ4n) is 2.57. The highest BCUT2D eigenvalue weighted by molar-refractivity contribution is 5.73. The maximum absolute atomic E-state index is 12.0. The zero-order valence-corrected chi connectivity index (χ0v) is 10.5. The van der Waals surface area contributed by atoms with E-state index in [0.717, 1.165) is 31.2 Å². The summed E-state index contributed by atoms with van der Waals surface area (Å²) in [5.41, 5.74) is 1.00. The topological polar surface area (TPSA) is 46.5 Å². The number of carbonyl (C=O) groups excluding carboxylic acids is 1. The lowest BCUT2D eigenvalue weighted by atomic mass is 9.80. The first-order valence-electron chi connectivity index (χ1n) is 6.62. The van der Waals surface area contributed by atoms with Gasteiger partial charge in [-0.1, -0.05) is 43.2 Å². The van der Waals surface area contributed by atoms with Gasteiger partial charge in [0.1, 0.15) is 6.61 Å². The van der Waals surface area contributed by atoms with Crippen molar-refractivity contribution in [1.29, 1.82) is 0 Å². The Kier molecular flexibility index (Phi) is 4.76. The smallest absolute Gasteiger partial charge is 0.309 e. The molecule has 1 saturated carbocycles.